The number of carbonyl (C=O) groups is 2. The highest BCUT2D eigenvalue weighted by Crippen LogP contribution is 2.62. The maximum atomic E-state index is 12.1. The summed E-state index contributed by atoms with van der Waals surface area (Å²) in [5, 5.41) is 20.7. The van der Waals surface area contributed by atoms with Gasteiger partial charge < -0.3 is 19.7 Å². The van der Waals surface area contributed by atoms with E-state index < -0.39 is 29.6 Å². The van der Waals surface area contributed by atoms with Gasteiger partial charge >= 0.3 is 11.9 Å². The van der Waals surface area contributed by atoms with Crippen molar-refractivity contribution in [3.63, 3.8) is 0 Å². The van der Waals surface area contributed by atoms with E-state index in [-0.39, 0.29) is 30.5 Å². The summed E-state index contributed by atoms with van der Waals surface area (Å²) in [6.07, 6.45) is 4.00. The third kappa shape index (κ3) is 3.41. The van der Waals surface area contributed by atoms with Crippen molar-refractivity contribution in [1.29, 1.82) is 0 Å². The first kappa shape index (κ1) is 21.1. The van der Waals surface area contributed by atoms with Gasteiger partial charge in [0.05, 0.1) is 18.3 Å². The van der Waals surface area contributed by atoms with Crippen LogP contribution >= 0.6 is 0 Å². The maximum absolute atomic E-state index is 12.1. The van der Waals surface area contributed by atoms with Crippen LogP contribution in [-0.4, -0.2) is 47.6 Å². The van der Waals surface area contributed by atoms with Gasteiger partial charge in [0.2, 0.25) is 0 Å². The summed E-state index contributed by atoms with van der Waals surface area (Å²) in [6.45, 7) is 9.93. The van der Waals surface area contributed by atoms with Crippen molar-refractivity contribution >= 4 is 11.9 Å². The van der Waals surface area contributed by atoms with Crippen molar-refractivity contribution in [1.82, 2.24) is 0 Å². The van der Waals surface area contributed by atoms with Gasteiger partial charge in [0.1, 0.15) is 12.7 Å². The average molecular weight is 392 g/mol. The number of rotatable bonds is 5. The number of cyclic esters (lactones) is 1. The van der Waals surface area contributed by atoms with Crippen LogP contribution < -0.4 is 0 Å². The quantitative estimate of drug-likeness (QED) is 0.552. The molecule has 0 radical (unpaired) electrons. The number of hydrogen-bond donors (Lipinski definition) is 2. The summed E-state index contributed by atoms with van der Waals surface area (Å²) in [7, 11) is 0. The zero-order valence-corrected chi connectivity index (χ0v) is 17.1. The fourth-order valence-corrected chi connectivity index (χ4v) is 5.93. The lowest BCUT2D eigenvalue weighted by molar-refractivity contribution is -0.159. The van der Waals surface area contributed by atoms with Crippen LogP contribution in [0.1, 0.15) is 52.9 Å². The molecule has 0 amide bonds. The molecule has 2 saturated carbocycles. The Kier molecular flexibility index (Phi) is 5.74. The van der Waals surface area contributed by atoms with E-state index >= 15 is 0 Å². The molecule has 0 spiro atoms. The predicted molar refractivity (Wildman–Crippen MR) is 103 cm³/mol. The van der Waals surface area contributed by atoms with Crippen LogP contribution in [0.5, 0.6) is 0 Å². The number of esters is 2. The van der Waals surface area contributed by atoms with Crippen molar-refractivity contribution < 1.29 is 29.3 Å². The first-order valence-electron chi connectivity index (χ1n) is 10.1. The number of allylic oxidation sites excluding steroid dienone is 1. The first-order chi connectivity index (χ1) is 13.1. The van der Waals surface area contributed by atoms with Crippen molar-refractivity contribution in [2.24, 2.45) is 22.7 Å². The van der Waals surface area contributed by atoms with Crippen molar-refractivity contribution in [3.05, 3.63) is 23.8 Å². The minimum Gasteiger partial charge on any atom is -0.458 e. The fourth-order valence-electron chi connectivity index (χ4n) is 5.93. The van der Waals surface area contributed by atoms with Gasteiger partial charge in [0.25, 0.3) is 0 Å². The van der Waals surface area contributed by atoms with Crippen LogP contribution in [0.3, 0.4) is 0 Å². The molecule has 2 aliphatic carbocycles. The Hall–Kier alpha value is -1.66. The number of ether oxygens (including phenoxy) is 2. The number of aliphatic hydroxyl groups excluding tert-OH is 2. The minimum atomic E-state index is -0.669. The third-order valence-corrected chi connectivity index (χ3v) is 7.55. The van der Waals surface area contributed by atoms with E-state index in [1.54, 1.807) is 6.08 Å². The lowest BCUT2D eigenvalue weighted by Gasteiger charge is -2.60. The van der Waals surface area contributed by atoms with E-state index in [4.69, 9.17) is 9.47 Å². The molecule has 156 valence electrons. The summed E-state index contributed by atoms with van der Waals surface area (Å²) < 4.78 is 10.6. The Morgan fingerprint density at radius 1 is 1.43 bits per heavy atom. The fraction of sp³-hybridized carbons (Fsp3) is 0.727. The number of fused-ring (bicyclic) bond motifs is 1. The molecule has 0 bridgehead atoms. The molecule has 6 heteroatoms. The summed E-state index contributed by atoms with van der Waals surface area (Å²) in [6, 6.07) is 0. The van der Waals surface area contributed by atoms with E-state index in [1.165, 1.54) is 6.92 Å². The molecule has 1 aliphatic heterocycles. The number of aliphatic hydroxyl groups is 2. The molecule has 1 heterocycles. The van der Waals surface area contributed by atoms with Gasteiger partial charge in [-0.2, -0.15) is 0 Å². The Morgan fingerprint density at radius 3 is 2.71 bits per heavy atom. The normalized spacial score (nSPS) is 39.0. The first-order valence-corrected chi connectivity index (χ1v) is 10.1. The molecular formula is C22H32O6. The Labute approximate surface area is 166 Å². The Morgan fingerprint density at radius 2 is 2.14 bits per heavy atom. The van der Waals surface area contributed by atoms with Crippen LogP contribution in [0.25, 0.3) is 0 Å². The van der Waals surface area contributed by atoms with Gasteiger partial charge in [-0.1, -0.05) is 26.0 Å². The molecule has 1 unspecified atom stereocenters. The third-order valence-electron chi connectivity index (χ3n) is 7.55. The Balaban J connectivity index is 1.93. The highest BCUT2D eigenvalue weighted by Gasteiger charge is 2.58. The number of carbonyl (C=O) groups excluding carboxylic acids is 2. The van der Waals surface area contributed by atoms with Crippen LogP contribution in [-0.2, 0) is 19.1 Å². The molecule has 2 fully saturated rings. The van der Waals surface area contributed by atoms with Gasteiger partial charge in [-0.05, 0) is 55.4 Å². The smallest absolute Gasteiger partial charge is 0.337 e. The maximum Gasteiger partial charge on any atom is 0.337 e. The van der Waals surface area contributed by atoms with Gasteiger partial charge in [-0.15, -0.1) is 0 Å². The van der Waals surface area contributed by atoms with Crippen molar-refractivity contribution in [3.8, 4) is 0 Å². The van der Waals surface area contributed by atoms with E-state index in [2.05, 4.69) is 13.5 Å². The van der Waals surface area contributed by atoms with Crippen LogP contribution in [0.4, 0.5) is 0 Å². The molecule has 28 heavy (non-hydrogen) atoms. The molecule has 0 aromatic heterocycles. The second-order valence-corrected chi connectivity index (χ2v) is 9.12. The molecular weight excluding hydrogens is 360 g/mol. The number of hydrogen-bond acceptors (Lipinski definition) is 6. The van der Waals surface area contributed by atoms with Gasteiger partial charge in [0.15, 0.2) is 0 Å². The summed E-state index contributed by atoms with van der Waals surface area (Å²) in [5.41, 5.74) is 0.705. The van der Waals surface area contributed by atoms with E-state index in [0.29, 0.717) is 18.4 Å². The molecule has 3 aliphatic rings. The summed E-state index contributed by atoms with van der Waals surface area (Å²) in [4.78, 5) is 23.8. The second-order valence-electron chi connectivity index (χ2n) is 9.12. The summed E-state index contributed by atoms with van der Waals surface area (Å²) >= 11 is 0. The van der Waals surface area contributed by atoms with Gasteiger partial charge in [0, 0.05) is 12.3 Å². The lowest BCUT2D eigenvalue weighted by Crippen LogP contribution is -2.57. The monoisotopic (exact) mass is 392 g/mol. The largest absolute Gasteiger partial charge is 0.458 e. The van der Waals surface area contributed by atoms with E-state index in [9.17, 15) is 19.8 Å². The zero-order chi connectivity index (χ0) is 20.7. The van der Waals surface area contributed by atoms with Crippen molar-refractivity contribution in [2.45, 2.75) is 65.1 Å². The van der Waals surface area contributed by atoms with Crippen LogP contribution in [0, 0.1) is 22.7 Å². The topological polar surface area (TPSA) is 93.1 Å². The van der Waals surface area contributed by atoms with Gasteiger partial charge in [-0.25, -0.2) is 4.79 Å². The SMILES string of the molecule is C=C1CC[C@@H]2[C@](C)(CO)[C@H](O)CC[C@@]2(C)[C@@H]1CC(OC(C)=O)C1=CCOC1=O. The molecule has 6 nitrogen and oxygen atoms in total. The second kappa shape index (κ2) is 7.64. The highest BCUT2D eigenvalue weighted by molar-refractivity contribution is 5.92. The zero-order valence-electron chi connectivity index (χ0n) is 17.1. The average Bonchev–Trinajstić information content (AvgIpc) is 3.06. The lowest BCUT2D eigenvalue weighted by atomic mass is 9.46. The van der Waals surface area contributed by atoms with E-state index in [0.717, 1.165) is 24.8 Å². The van der Waals surface area contributed by atoms with Crippen LogP contribution in [0.15, 0.2) is 23.8 Å². The highest BCUT2D eigenvalue weighted by atomic mass is 16.6. The minimum absolute atomic E-state index is 0.0169. The predicted octanol–water partition coefficient (Wildman–Crippen LogP) is 2.53. The van der Waals surface area contributed by atoms with Crippen LogP contribution in [0.2, 0.25) is 0 Å². The Bertz CT molecular complexity index is 697. The molecule has 0 saturated heterocycles. The van der Waals surface area contributed by atoms with Crippen molar-refractivity contribution in [2.75, 3.05) is 13.2 Å². The molecule has 6 atom stereocenters. The molecule has 3 rings (SSSR count). The standard InChI is InChI=1S/C22H32O6/c1-13-5-6-18-21(3,9-7-19(25)22(18,4)12-23)16(13)11-17(28-14(2)24)15-8-10-27-20(15)26/h8,16-19,23,25H,1,5-7,9-12H2,2-4H3/t16-,17?,18+,19-,21+,22+/m1/s1. The molecule has 0 aromatic rings. The molecule has 2 N–H and O–H groups in total. The summed E-state index contributed by atoms with van der Waals surface area (Å²) in [5.74, 6) is -0.739. The van der Waals surface area contributed by atoms with E-state index in [1.807, 2.05) is 6.92 Å². The van der Waals surface area contributed by atoms with Gasteiger partial charge in [-0.3, -0.25) is 4.79 Å². The molecule has 0 aromatic carbocycles.